The molecule has 23 heavy (non-hydrogen) atoms. The van der Waals surface area contributed by atoms with Gasteiger partial charge in [0, 0.05) is 6.42 Å². The van der Waals surface area contributed by atoms with Gasteiger partial charge in [0.1, 0.15) is 0 Å². The van der Waals surface area contributed by atoms with Crippen LogP contribution >= 0.6 is 0 Å². The molecular formula is C18H27BO4. The average Bonchev–Trinajstić information content (AvgIpc) is 2.66. The first-order valence-electron chi connectivity index (χ1n) is 8.36. The van der Waals surface area contributed by atoms with E-state index >= 15 is 0 Å². The number of carbonyl (C=O) groups is 1. The van der Waals surface area contributed by atoms with Gasteiger partial charge in [0.2, 0.25) is 0 Å². The van der Waals surface area contributed by atoms with Gasteiger partial charge < -0.3 is 14.4 Å². The van der Waals surface area contributed by atoms with Gasteiger partial charge in [-0.15, -0.1) is 0 Å². The van der Waals surface area contributed by atoms with Gasteiger partial charge in [-0.3, -0.25) is 4.79 Å². The number of aryl methyl sites for hydroxylation is 1. The minimum absolute atomic E-state index is 0.198. The molecule has 0 aromatic heterocycles. The highest BCUT2D eigenvalue weighted by Gasteiger charge is 2.52. The lowest BCUT2D eigenvalue weighted by Crippen LogP contribution is -2.41. The van der Waals surface area contributed by atoms with Crippen molar-refractivity contribution in [3.05, 3.63) is 29.3 Å². The van der Waals surface area contributed by atoms with E-state index in [4.69, 9.17) is 14.4 Å². The van der Waals surface area contributed by atoms with Crippen LogP contribution in [0.1, 0.15) is 58.6 Å². The normalized spacial score (nSPS) is 19.1. The molecule has 0 saturated carbocycles. The van der Waals surface area contributed by atoms with Crippen molar-refractivity contribution in [3.8, 4) is 0 Å². The maximum absolute atomic E-state index is 10.7. The SMILES string of the molecule is CCc1c(CCCC(=O)O)cccc1B1OC(C)(C)C(C)(C)O1. The number of rotatable bonds is 6. The van der Waals surface area contributed by atoms with Crippen molar-refractivity contribution in [2.75, 3.05) is 0 Å². The van der Waals surface area contributed by atoms with Crippen molar-refractivity contribution in [1.29, 1.82) is 0 Å². The maximum Gasteiger partial charge on any atom is 0.495 e. The molecule has 0 bridgehead atoms. The van der Waals surface area contributed by atoms with Crippen molar-refractivity contribution in [3.63, 3.8) is 0 Å². The Labute approximate surface area is 139 Å². The van der Waals surface area contributed by atoms with E-state index in [9.17, 15) is 4.79 Å². The first-order chi connectivity index (χ1) is 10.7. The van der Waals surface area contributed by atoms with Gasteiger partial charge in [0.25, 0.3) is 0 Å². The Balaban J connectivity index is 2.25. The predicted molar refractivity (Wildman–Crippen MR) is 92.1 cm³/mol. The van der Waals surface area contributed by atoms with Gasteiger partial charge in [-0.1, -0.05) is 25.1 Å². The maximum atomic E-state index is 10.7. The molecule has 0 spiro atoms. The van der Waals surface area contributed by atoms with Gasteiger partial charge in [0.05, 0.1) is 11.2 Å². The predicted octanol–water partition coefficient (Wildman–Crippen LogP) is 2.96. The van der Waals surface area contributed by atoms with Gasteiger partial charge in [-0.05, 0) is 63.5 Å². The van der Waals surface area contributed by atoms with E-state index in [1.807, 2.05) is 6.07 Å². The minimum atomic E-state index is -0.745. The second-order valence-corrected chi connectivity index (χ2v) is 7.17. The second kappa shape index (κ2) is 6.66. The van der Waals surface area contributed by atoms with E-state index in [1.165, 1.54) is 11.1 Å². The van der Waals surface area contributed by atoms with Gasteiger partial charge in [0.15, 0.2) is 0 Å². The summed E-state index contributed by atoms with van der Waals surface area (Å²) in [5.74, 6) is -0.745. The Morgan fingerprint density at radius 2 is 1.78 bits per heavy atom. The Bertz CT molecular complexity index is 564. The molecule has 1 aromatic rings. The summed E-state index contributed by atoms with van der Waals surface area (Å²) in [6, 6.07) is 6.15. The summed E-state index contributed by atoms with van der Waals surface area (Å²) in [7, 11) is -0.366. The second-order valence-electron chi connectivity index (χ2n) is 7.17. The third kappa shape index (κ3) is 3.78. The van der Waals surface area contributed by atoms with E-state index in [0.717, 1.165) is 18.3 Å². The molecule has 0 unspecified atom stereocenters. The molecule has 1 saturated heterocycles. The quantitative estimate of drug-likeness (QED) is 0.819. The summed E-state index contributed by atoms with van der Waals surface area (Å²) >= 11 is 0. The highest BCUT2D eigenvalue weighted by Crippen LogP contribution is 2.36. The van der Waals surface area contributed by atoms with Crippen LogP contribution in [0.25, 0.3) is 0 Å². The lowest BCUT2D eigenvalue weighted by atomic mass is 9.73. The van der Waals surface area contributed by atoms with E-state index in [-0.39, 0.29) is 24.7 Å². The molecule has 1 aliphatic heterocycles. The van der Waals surface area contributed by atoms with Crippen LogP contribution in [0.5, 0.6) is 0 Å². The number of benzene rings is 1. The molecule has 1 fully saturated rings. The molecule has 126 valence electrons. The number of hydrogen-bond donors (Lipinski definition) is 1. The highest BCUT2D eigenvalue weighted by molar-refractivity contribution is 6.62. The van der Waals surface area contributed by atoms with Crippen LogP contribution in [0.3, 0.4) is 0 Å². The van der Waals surface area contributed by atoms with Gasteiger partial charge >= 0.3 is 13.1 Å². The van der Waals surface area contributed by atoms with Crippen molar-refractivity contribution in [2.45, 2.75) is 71.5 Å². The average molecular weight is 318 g/mol. The van der Waals surface area contributed by atoms with Crippen molar-refractivity contribution in [1.82, 2.24) is 0 Å². The number of hydrogen-bond acceptors (Lipinski definition) is 3. The molecule has 4 nitrogen and oxygen atoms in total. The smallest absolute Gasteiger partial charge is 0.481 e. The summed E-state index contributed by atoms with van der Waals surface area (Å²) in [6.45, 7) is 10.3. The number of carboxylic acid groups (broad SMARTS) is 1. The van der Waals surface area contributed by atoms with Crippen molar-refractivity contribution >= 4 is 18.6 Å². The van der Waals surface area contributed by atoms with E-state index < -0.39 is 5.97 Å². The first kappa shape index (κ1) is 18.0. The molecule has 1 heterocycles. The van der Waals surface area contributed by atoms with Gasteiger partial charge in [-0.25, -0.2) is 0 Å². The zero-order valence-electron chi connectivity index (χ0n) is 14.8. The molecule has 0 aliphatic carbocycles. The fourth-order valence-electron chi connectivity index (χ4n) is 2.94. The lowest BCUT2D eigenvalue weighted by molar-refractivity contribution is -0.137. The van der Waals surface area contributed by atoms with Crippen molar-refractivity contribution in [2.24, 2.45) is 0 Å². The fourth-order valence-corrected chi connectivity index (χ4v) is 2.94. The van der Waals surface area contributed by atoms with Gasteiger partial charge in [-0.2, -0.15) is 0 Å². The van der Waals surface area contributed by atoms with Crippen LogP contribution in [0.2, 0.25) is 0 Å². The molecule has 0 amide bonds. The zero-order chi connectivity index (χ0) is 17.3. The van der Waals surface area contributed by atoms with Crippen LogP contribution in [0.15, 0.2) is 18.2 Å². The third-order valence-electron chi connectivity index (χ3n) is 5.01. The molecule has 2 rings (SSSR count). The van der Waals surface area contributed by atoms with Crippen LogP contribution in [-0.2, 0) is 26.9 Å². The zero-order valence-corrected chi connectivity index (χ0v) is 14.8. The summed E-state index contributed by atoms with van der Waals surface area (Å²) in [6.07, 6.45) is 2.49. The third-order valence-corrected chi connectivity index (χ3v) is 5.01. The van der Waals surface area contributed by atoms with Crippen LogP contribution in [0, 0.1) is 0 Å². The van der Waals surface area contributed by atoms with E-state index in [2.05, 4.69) is 46.8 Å². The Morgan fingerprint density at radius 1 is 1.17 bits per heavy atom. The minimum Gasteiger partial charge on any atom is -0.481 e. The highest BCUT2D eigenvalue weighted by atomic mass is 16.7. The van der Waals surface area contributed by atoms with Crippen molar-refractivity contribution < 1.29 is 19.2 Å². The lowest BCUT2D eigenvalue weighted by Gasteiger charge is -2.32. The summed E-state index contributed by atoms with van der Waals surface area (Å²) < 4.78 is 12.3. The monoisotopic (exact) mass is 318 g/mol. The molecule has 1 N–H and O–H groups in total. The number of carboxylic acids is 1. The molecular weight excluding hydrogens is 291 g/mol. The summed E-state index contributed by atoms with van der Waals surface area (Å²) in [5, 5.41) is 8.82. The Kier molecular flexibility index (Phi) is 5.22. The molecule has 0 atom stereocenters. The van der Waals surface area contributed by atoms with E-state index in [0.29, 0.717) is 6.42 Å². The number of aliphatic carboxylic acids is 1. The molecule has 0 radical (unpaired) electrons. The molecule has 1 aromatic carbocycles. The summed E-state index contributed by atoms with van der Waals surface area (Å²) in [5.41, 5.74) is 2.76. The fraction of sp³-hybridized carbons (Fsp3) is 0.611. The van der Waals surface area contributed by atoms with Crippen LogP contribution < -0.4 is 5.46 Å². The topological polar surface area (TPSA) is 55.8 Å². The largest absolute Gasteiger partial charge is 0.495 e. The van der Waals surface area contributed by atoms with E-state index in [1.54, 1.807) is 0 Å². The van der Waals surface area contributed by atoms with Crippen LogP contribution in [0.4, 0.5) is 0 Å². The Hall–Kier alpha value is -1.33. The standard InChI is InChI=1S/C18H27BO4/c1-6-14-13(10-8-12-16(20)21)9-7-11-15(14)19-22-17(2,3)18(4,5)23-19/h7,9,11H,6,8,10,12H2,1-5H3,(H,20,21). The van der Waals surface area contributed by atoms with Crippen LogP contribution in [-0.4, -0.2) is 29.4 Å². The molecule has 1 aliphatic rings. The Morgan fingerprint density at radius 3 is 2.30 bits per heavy atom. The molecule has 5 heteroatoms. The first-order valence-corrected chi connectivity index (χ1v) is 8.36. The summed E-state index contributed by atoms with van der Waals surface area (Å²) in [4.78, 5) is 10.7.